The van der Waals surface area contributed by atoms with Gasteiger partial charge in [-0.3, -0.25) is 0 Å². The third-order valence-electron chi connectivity index (χ3n) is 3.54. The van der Waals surface area contributed by atoms with Crippen LogP contribution in [0.15, 0.2) is 0 Å². The van der Waals surface area contributed by atoms with Gasteiger partial charge >= 0.3 is 0 Å². The Morgan fingerprint density at radius 1 is 1.53 bits per heavy atom. The largest absolute Gasteiger partial charge is 0.381 e. The summed E-state index contributed by atoms with van der Waals surface area (Å²) in [5.74, 6) is 0.771. The van der Waals surface area contributed by atoms with Crippen LogP contribution in [0.4, 0.5) is 0 Å². The molecule has 1 aliphatic heterocycles. The summed E-state index contributed by atoms with van der Waals surface area (Å²) >= 11 is 0. The van der Waals surface area contributed by atoms with Gasteiger partial charge in [-0.1, -0.05) is 20.3 Å². The number of hydrogen-bond donors (Lipinski definition) is 1. The van der Waals surface area contributed by atoms with E-state index in [9.17, 15) is 0 Å². The van der Waals surface area contributed by atoms with Crippen molar-refractivity contribution < 1.29 is 4.74 Å². The fraction of sp³-hybridized carbons (Fsp3) is 1.00. The quantitative estimate of drug-likeness (QED) is 0.725. The summed E-state index contributed by atoms with van der Waals surface area (Å²) < 4.78 is 5.48. The highest BCUT2D eigenvalue weighted by Gasteiger charge is 2.34. The molecule has 0 radical (unpaired) electrons. The predicted octanol–water partition coefficient (Wildman–Crippen LogP) is 1.33. The van der Waals surface area contributed by atoms with Gasteiger partial charge in [0.15, 0.2) is 0 Å². The van der Waals surface area contributed by atoms with E-state index in [1.165, 1.54) is 6.42 Å². The van der Waals surface area contributed by atoms with E-state index < -0.39 is 0 Å². The van der Waals surface area contributed by atoms with Crippen molar-refractivity contribution in [1.82, 2.24) is 4.90 Å². The van der Waals surface area contributed by atoms with Crippen LogP contribution >= 0.6 is 0 Å². The maximum Gasteiger partial charge on any atom is 0.0547 e. The van der Waals surface area contributed by atoms with Crippen LogP contribution in [0.2, 0.25) is 0 Å². The lowest BCUT2D eigenvalue weighted by Crippen LogP contribution is -2.42. The van der Waals surface area contributed by atoms with Crippen molar-refractivity contribution in [3.05, 3.63) is 0 Å². The summed E-state index contributed by atoms with van der Waals surface area (Å²) in [5, 5.41) is 0. The lowest BCUT2D eigenvalue weighted by Gasteiger charge is -2.32. The van der Waals surface area contributed by atoms with Crippen molar-refractivity contribution >= 4 is 0 Å². The molecule has 0 bridgehead atoms. The SMILES string of the molecule is CCC(C)CN(C)CC1(CN)CCOC1. The molecular weight excluding hydrogens is 188 g/mol. The molecule has 1 aliphatic rings. The van der Waals surface area contributed by atoms with Crippen molar-refractivity contribution in [3.8, 4) is 0 Å². The van der Waals surface area contributed by atoms with Gasteiger partial charge in [0.25, 0.3) is 0 Å². The van der Waals surface area contributed by atoms with Gasteiger partial charge in [-0.2, -0.15) is 0 Å². The first kappa shape index (κ1) is 12.9. The van der Waals surface area contributed by atoms with E-state index in [-0.39, 0.29) is 5.41 Å². The number of rotatable bonds is 6. The van der Waals surface area contributed by atoms with Crippen molar-refractivity contribution in [2.45, 2.75) is 26.7 Å². The minimum atomic E-state index is 0.224. The van der Waals surface area contributed by atoms with Gasteiger partial charge in [-0.25, -0.2) is 0 Å². The summed E-state index contributed by atoms with van der Waals surface area (Å²) in [6, 6.07) is 0. The molecule has 0 saturated carbocycles. The molecule has 0 aliphatic carbocycles. The van der Waals surface area contributed by atoms with Crippen molar-refractivity contribution in [1.29, 1.82) is 0 Å². The van der Waals surface area contributed by atoms with Gasteiger partial charge in [0.05, 0.1) is 6.61 Å². The Morgan fingerprint density at radius 2 is 2.27 bits per heavy atom. The summed E-state index contributed by atoms with van der Waals surface area (Å²) in [4.78, 5) is 2.41. The first-order chi connectivity index (χ1) is 7.12. The zero-order valence-corrected chi connectivity index (χ0v) is 10.5. The molecule has 1 rings (SSSR count). The van der Waals surface area contributed by atoms with E-state index >= 15 is 0 Å². The van der Waals surface area contributed by atoms with Crippen LogP contribution in [0.25, 0.3) is 0 Å². The Balaban J connectivity index is 2.37. The minimum Gasteiger partial charge on any atom is -0.381 e. The van der Waals surface area contributed by atoms with Gasteiger partial charge in [0.1, 0.15) is 0 Å². The van der Waals surface area contributed by atoms with E-state index in [2.05, 4.69) is 25.8 Å². The molecule has 90 valence electrons. The predicted molar refractivity (Wildman–Crippen MR) is 63.9 cm³/mol. The summed E-state index contributed by atoms with van der Waals surface area (Å²) in [6.07, 6.45) is 2.37. The summed E-state index contributed by atoms with van der Waals surface area (Å²) in [5.41, 5.74) is 6.10. The maximum absolute atomic E-state index is 5.87. The average Bonchev–Trinajstić information content (AvgIpc) is 2.66. The van der Waals surface area contributed by atoms with Crippen molar-refractivity contribution in [3.63, 3.8) is 0 Å². The normalized spacial score (nSPS) is 28.6. The molecule has 15 heavy (non-hydrogen) atoms. The molecular formula is C12H26N2O. The van der Waals surface area contributed by atoms with Crippen LogP contribution < -0.4 is 5.73 Å². The summed E-state index contributed by atoms with van der Waals surface area (Å²) in [6.45, 7) is 9.26. The fourth-order valence-corrected chi connectivity index (χ4v) is 2.30. The second-order valence-electron chi connectivity index (χ2n) is 5.22. The van der Waals surface area contributed by atoms with Crippen LogP contribution in [-0.4, -0.2) is 44.8 Å². The van der Waals surface area contributed by atoms with Crippen LogP contribution in [-0.2, 0) is 4.74 Å². The average molecular weight is 214 g/mol. The van der Waals surface area contributed by atoms with Gasteiger partial charge in [0, 0.05) is 31.7 Å². The van der Waals surface area contributed by atoms with Gasteiger partial charge in [-0.15, -0.1) is 0 Å². The molecule has 1 fully saturated rings. The first-order valence-electron chi connectivity index (χ1n) is 6.08. The molecule has 0 aromatic rings. The Kier molecular flexibility index (Phi) is 5.03. The molecule has 0 amide bonds. The van der Waals surface area contributed by atoms with Gasteiger partial charge in [0.2, 0.25) is 0 Å². The second kappa shape index (κ2) is 5.83. The molecule has 1 saturated heterocycles. The molecule has 2 N–H and O–H groups in total. The fourth-order valence-electron chi connectivity index (χ4n) is 2.30. The Bertz CT molecular complexity index is 178. The molecule has 3 heteroatoms. The van der Waals surface area contributed by atoms with E-state index in [1.807, 2.05) is 0 Å². The zero-order chi connectivity index (χ0) is 11.3. The third kappa shape index (κ3) is 3.74. The molecule has 3 nitrogen and oxygen atoms in total. The van der Waals surface area contributed by atoms with E-state index in [0.717, 1.165) is 45.2 Å². The molecule has 0 spiro atoms. The van der Waals surface area contributed by atoms with E-state index in [4.69, 9.17) is 10.5 Å². The second-order valence-corrected chi connectivity index (χ2v) is 5.22. The number of hydrogen-bond acceptors (Lipinski definition) is 3. The van der Waals surface area contributed by atoms with Crippen LogP contribution in [0.1, 0.15) is 26.7 Å². The van der Waals surface area contributed by atoms with Crippen molar-refractivity contribution in [2.24, 2.45) is 17.1 Å². The van der Waals surface area contributed by atoms with Crippen LogP contribution in [0, 0.1) is 11.3 Å². The minimum absolute atomic E-state index is 0.224. The highest BCUT2D eigenvalue weighted by molar-refractivity contribution is 4.86. The van der Waals surface area contributed by atoms with Crippen LogP contribution in [0.5, 0.6) is 0 Å². The van der Waals surface area contributed by atoms with E-state index in [1.54, 1.807) is 0 Å². The standard InChI is InChI=1S/C12H26N2O/c1-4-11(2)7-14(3)9-12(8-13)5-6-15-10-12/h11H,4-10,13H2,1-3H3. The van der Waals surface area contributed by atoms with Crippen LogP contribution in [0.3, 0.4) is 0 Å². The van der Waals surface area contributed by atoms with Gasteiger partial charge in [-0.05, 0) is 19.4 Å². The Morgan fingerprint density at radius 3 is 2.73 bits per heavy atom. The molecule has 0 aromatic heterocycles. The number of nitrogens with zero attached hydrogens (tertiary/aromatic N) is 1. The lowest BCUT2D eigenvalue weighted by atomic mass is 9.86. The third-order valence-corrected chi connectivity index (χ3v) is 3.54. The first-order valence-corrected chi connectivity index (χ1v) is 6.08. The van der Waals surface area contributed by atoms with E-state index in [0.29, 0.717) is 0 Å². The smallest absolute Gasteiger partial charge is 0.0547 e. The Hall–Kier alpha value is -0.120. The molecule has 1 heterocycles. The highest BCUT2D eigenvalue weighted by Crippen LogP contribution is 2.28. The Labute approximate surface area is 94.0 Å². The van der Waals surface area contributed by atoms with Gasteiger partial charge < -0.3 is 15.4 Å². The zero-order valence-electron chi connectivity index (χ0n) is 10.5. The lowest BCUT2D eigenvalue weighted by molar-refractivity contribution is 0.119. The number of ether oxygens (including phenoxy) is 1. The highest BCUT2D eigenvalue weighted by atomic mass is 16.5. The summed E-state index contributed by atoms with van der Waals surface area (Å²) in [7, 11) is 2.20. The van der Waals surface area contributed by atoms with Crippen molar-refractivity contribution in [2.75, 3.05) is 39.9 Å². The molecule has 2 atom stereocenters. The molecule has 2 unspecified atom stereocenters. The number of nitrogens with two attached hydrogens (primary N) is 1. The maximum atomic E-state index is 5.87. The topological polar surface area (TPSA) is 38.5 Å². The monoisotopic (exact) mass is 214 g/mol. The molecule has 0 aromatic carbocycles.